The summed E-state index contributed by atoms with van der Waals surface area (Å²) >= 11 is 0. The first kappa shape index (κ1) is 24.1. The van der Waals surface area contributed by atoms with Gasteiger partial charge in [0.25, 0.3) is 5.91 Å². The van der Waals surface area contributed by atoms with Gasteiger partial charge >= 0.3 is 6.18 Å². The van der Waals surface area contributed by atoms with E-state index in [0.717, 1.165) is 12.1 Å². The van der Waals surface area contributed by atoms with Gasteiger partial charge in [-0.1, -0.05) is 36.4 Å². The lowest BCUT2D eigenvalue weighted by molar-refractivity contribution is -0.137. The van der Waals surface area contributed by atoms with Gasteiger partial charge in [0.2, 0.25) is 0 Å². The van der Waals surface area contributed by atoms with E-state index >= 15 is 0 Å². The number of alkyl halides is 3. The maximum Gasteiger partial charge on any atom is 0.416 e. The first-order chi connectivity index (χ1) is 16.7. The second-order valence-electron chi connectivity index (χ2n) is 7.93. The van der Waals surface area contributed by atoms with E-state index in [9.17, 15) is 22.4 Å². The Morgan fingerprint density at radius 3 is 2.43 bits per heavy atom. The number of benzene rings is 3. The van der Waals surface area contributed by atoms with Crippen LogP contribution in [-0.4, -0.2) is 17.6 Å². The normalized spacial score (nSPS) is 11.4. The molecule has 0 saturated carbocycles. The van der Waals surface area contributed by atoms with Crippen LogP contribution in [0.5, 0.6) is 5.75 Å². The van der Waals surface area contributed by atoms with E-state index in [1.165, 1.54) is 25.3 Å². The lowest BCUT2D eigenvalue weighted by Gasteiger charge is -2.14. The first-order valence-corrected chi connectivity index (χ1v) is 10.7. The number of halogens is 4. The number of hydrogen-bond acceptors (Lipinski definition) is 2. The first-order valence-electron chi connectivity index (χ1n) is 10.7. The zero-order valence-corrected chi connectivity index (χ0v) is 19.0. The Morgan fingerprint density at radius 2 is 1.71 bits per heavy atom. The minimum Gasteiger partial charge on any atom is -0.497 e. The van der Waals surface area contributed by atoms with E-state index in [0.29, 0.717) is 28.3 Å². The lowest BCUT2D eigenvalue weighted by Crippen LogP contribution is -2.23. The number of amides is 1. The highest BCUT2D eigenvalue weighted by Crippen LogP contribution is 2.33. The summed E-state index contributed by atoms with van der Waals surface area (Å²) < 4.78 is 60.8. The van der Waals surface area contributed by atoms with E-state index in [-0.39, 0.29) is 17.8 Å². The maximum atomic E-state index is 14.8. The number of nitrogens with zero attached hydrogens (tertiary/aromatic N) is 1. The van der Waals surface area contributed by atoms with Gasteiger partial charge in [0, 0.05) is 17.8 Å². The number of hydrogen-bond donors (Lipinski definition) is 1. The average molecular weight is 482 g/mol. The van der Waals surface area contributed by atoms with E-state index in [1.54, 1.807) is 54.0 Å². The van der Waals surface area contributed by atoms with Crippen molar-refractivity contribution in [2.45, 2.75) is 19.6 Å². The Hall–Kier alpha value is -4.07. The molecule has 0 aliphatic rings. The highest BCUT2D eigenvalue weighted by Gasteiger charge is 2.30. The number of carbonyl (C=O) groups is 1. The maximum absolute atomic E-state index is 14.8. The number of methoxy groups -OCH3 is 1. The molecule has 0 radical (unpaired) electrons. The van der Waals surface area contributed by atoms with Crippen molar-refractivity contribution in [1.82, 2.24) is 9.88 Å². The number of aromatic nitrogens is 1. The zero-order valence-electron chi connectivity index (χ0n) is 19.0. The van der Waals surface area contributed by atoms with Gasteiger partial charge in [-0.25, -0.2) is 4.39 Å². The van der Waals surface area contributed by atoms with Crippen LogP contribution in [0.1, 0.15) is 27.2 Å². The molecule has 4 nitrogen and oxygen atoms in total. The van der Waals surface area contributed by atoms with E-state index in [1.807, 2.05) is 6.07 Å². The van der Waals surface area contributed by atoms with E-state index in [4.69, 9.17) is 4.74 Å². The van der Waals surface area contributed by atoms with Crippen molar-refractivity contribution in [3.05, 3.63) is 107 Å². The van der Waals surface area contributed by atoms with Crippen LogP contribution < -0.4 is 10.1 Å². The molecule has 1 N–H and O–H groups in total. The summed E-state index contributed by atoms with van der Waals surface area (Å²) in [6.07, 6.45) is -4.47. The SMILES string of the molecule is COc1cccc(-c2cc(C(=O)NCc3cccc(C(F)(F)F)c3)c(C)n2-c2ccccc2F)c1. The number of nitrogens with one attached hydrogen (secondary N) is 1. The topological polar surface area (TPSA) is 43.3 Å². The monoisotopic (exact) mass is 482 g/mol. The summed E-state index contributed by atoms with van der Waals surface area (Å²) in [6.45, 7) is 1.59. The molecule has 0 aliphatic carbocycles. The Labute approximate surface area is 199 Å². The number of para-hydroxylation sites is 1. The number of rotatable bonds is 6. The molecule has 4 rings (SSSR count). The fourth-order valence-electron chi connectivity index (χ4n) is 3.91. The second kappa shape index (κ2) is 9.66. The molecule has 4 aromatic rings. The molecule has 1 amide bonds. The van der Waals surface area contributed by atoms with Crippen molar-refractivity contribution in [2.24, 2.45) is 0 Å². The van der Waals surface area contributed by atoms with Crippen LogP contribution in [0.4, 0.5) is 17.6 Å². The van der Waals surface area contributed by atoms with Crippen LogP contribution in [0.2, 0.25) is 0 Å². The predicted octanol–water partition coefficient (Wildman–Crippen LogP) is 6.55. The van der Waals surface area contributed by atoms with Crippen molar-refractivity contribution in [1.29, 1.82) is 0 Å². The summed E-state index contributed by atoms with van der Waals surface area (Å²) in [4.78, 5) is 13.1. The van der Waals surface area contributed by atoms with Crippen LogP contribution in [0, 0.1) is 12.7 Å². The van der Waals surface area contributed by atoms with Crippen LogP contribution >= 0.6 is 0 Å². The fourth-order valence-corrected chi connectivity index (χ4v) is 3.91. The number of carbonyl (C=O) groups excluding carboxylic acids is 1. The molecule has 0 fully saturated rings. The Bertz CT molecular complexity index is 1380. The summed E-state index contributed by atoms with van der Waals surface area (Å²) in [5.74, 6) is -0.359. The highest BCUT2D eigenvalue weighted by molar-refractivity contribution is 5.97. The molecule has 3 aromatic carbocycles. The molecule has 0 aliphatic heterocycles. The molecule has 0 saturated heterocycles. The third kappa shape index (κ3) is 5.06. The molecule has 1 aromatic heterocycles. The van der Waals surface area contributed by atoms with Crippen LogP contribution in [0.3, 0.4) is 0 Å². The van der Waals surface area contributed by atoms with Gasteiger partial charge < -0.3 is 14.6 Å². The van der Waals surface area contributed by atoms with Gasteiger partial charge in [0.05, 0.1) is 29.6 Å². The molecule has 35 heavy (non-hydrogen) atoms. The Morgan fingerprint density at radius 1 is 0.971 bits per heavy atom. The minimum atomic E-state index is -4.47. The fraction of sp³-hybridized carbons (Fsp3) is 0.148. The summed E-state index contributed by atoms with van der Waals surface area (Å²) in [7, 11) is 1.53. The van der Waals surface area contributed by atoms with Crippen LogP contribution in [0.25, 0.3) is 16.9 Å². The molecular formula is C27H22F4N2O2. The van der Waals surface area contributed by atoms with Crippen molar-refractivity contribution in [3.63, 3.8) is 0 Å². The van der Waals surface area contributed by atoms with Gasteiger partial charge in [0.15, 0.2) is 0 Å². The van der Waals surface area contributed by atoms with Crippen molar-refractivity contribution >= 4 is 5.91 Å². The van der Waals surface area contributed by atoms with Gasteiger partial charge in [-0.3, -0.25) is 4.79 Å². The van der Waals surface area contributed by atoms with Crippen molar-refractivity contribution in [3.8, 4) is 22.7 Å². The van der Waals surface area contributed by atoms with Crippen molar-refractivity contribution < 1.29 is 27.1 Å². The Balaban J connectivity index is 1.72. The molecule has 8 heteroatoms. The standard InChI is InChI=1S/C27H22F4N2O2/c1-17-22(26(34)32-16-18-7-5-9-20(13-18)27(29,30)31)15-25(19-8-6-10-21(14-19)35-2)33(17)24-12-4-3-11-23(24)28/h3-15H,16H2,1-2H3,(H,32,34). The second-order valence-corrected chi connectivity index (χ2v) is 7.93. The minimum absolute atomic E-state index is 0.0957. The molecule has 0 bridgehead atoms. The highest BCUT2D eigenvalue weighted by atomic mass is 19.4. The van der Waals surface area contributed by atoms with Gasteiger partial charge in [-0.15, -0.1) is 0 Å². The molecule has 0 unspecified atom stereocenters. The lowest BCUT2D eigenvalue weighted by atomic mass is 10.1. The third-order valence-electron chi connectivity index (χ3n) is 5.66. The quantitative estimate of drug-likeness (QED) is 0.317. The van der Waals surface area contributed by atoms with Crippen molar-refractivity contribution in [2.75, 3.05) is 7.11 Å². The van der Waals surface area contributed by atoms with E-state index in [2.05, 4.69) is 5.32 Å². The zero-order chi connectivity index (χ0) is 25.2. The molecule has 0 spiro atoms. The van der Waals surface area contributed by atoms with Gasteiger partial charge in [-0.2, -0.15) is 13.2 Å². The molecule has 0 atom stereocenters. The van der Waals surface area contributed by atoms with Crippen LogP contribution in [0.15, 0.2) is 78.9 Å². The average Bonchev–Trinajstić information content (AvgIpc) is 3.19. The molecular weight excluding hydrogens is 460 g/mol. The summed E-state index contributed by atoms with van der Waals surface area (Å²) in [5, 5.41) is 2.68. The largest absolute Gasteiger partial charge is 0.497 e. The van der Waals surface area contributed by atoms with Gasteiger partial charge in [-0.05, 0) is 55.0 Å². The molecule has 1 heterocycles. The molecule has 180 valence electrons. The summed E-state index contributed by atoms with van der Waals surface area (Å²) in [6, 6.07) is 19.8. The van der Waals surface area contributed by atoms with Gasteiger partial charge in [0.1, 0.15) is 11.6 Å². The van der Waals surface area contributed by atoms with E-state index < -0.39 is 23.5 Å². The Kier molecular flexibility index (Phi) is 6.64. The summed E-state index contributed by atoms with van der Waals surface area (Å²) in [5.41, 5.74) is 1.81. The van der Waals surface area contributed by atoms with Crippen LogP contribution in [-0.2, 0) is 12.7 Å². The predicted molar refractivity (Wildman–Crippen MR) is 125 cm³/mol. The number of ether oxygens (including phenoxy) is 1. The smallest absolute Gasteiger partial charge is 0.416 e. The third-order valence-corrected chi connectivity index (χ3v) is 5.66.